The van der Waals surface area contributed by atoms with Gasteiger partial charge in [0.1, 0.15) is 16.6 Å². The fourth-order valence-corrected chi connectivity index (χ4v) is 4.11. The molecule has 0 saturated carbocycles. The Labute approximate surface area is 186 Å². The Balaban J connectivity index is 1.45. The van der Waals surface area contributed by atoms with Gasteiger partial charge in [0.2, 0.25) is 0 Å². The van der Waals surface area contributed by atoms with Crippen LogP contribution in [-0.2, 0) is 7.05 Å². The van der Waals surface area contributed by atoms with Crippen LogP contribution in [0, 0.1) is 18.6 Å². The number of benzene rings is 1. The Morgan fingerprint density at radius 3 is 2.62 bits per heavy atom. The second-order valence-corrected chi connectivity index (χ2v) is 8.39. The molecule has 4 rings (SSSR count). The Kier molecular flexibility index (Phi) is 5.74. The molecule has 0 aliphatic carbocycles. The molecule has 8 nitrogen and oxygen atoms in total. The molecule has 0 atom stereocenters. The van der Waals surface area contributed by atoms with Crippen LogP contribution < -0.4 is 16.2 Å². The minimum atomic E-state index is -0.956. The van der Waals surface area contributed by atoms with Gasteiger partial charge in [0, 0.05) is 23.4 Å². The van der Waals surface area contributed by atoms with Gasteiger partial charge in [-0.25, -0.2) is 29.0 Å². The Bertz CT molecular complexity index is 1320. The molecular formula is C21H21F2N7OS. The van der Waals surface area contributed by atoms with Crippen LogP contribution in [0.1, 0.15) is 31.0 Å². The molecule has 3 N–H and O–H groups in total. The molecular weight excluding hydrogens is 436 g/mol. The number of pyridine rings is 1. The molecule has 11 heteroatoms. The third-order valence-electron chi connectivity index (χ3n) is 4.84. The van der Waals surface area contributed by atoms with Gasteiger partial charge in [-0.1, -0.05) is 13.8 Å². The number of hydrogen-bond donors (Lipinski definition) is 3. The summed E-state index contributed by atoms with van der Waals surface area (Å²) in [6.45, 7) is 6.10. The summed E-state index contributed by atoms with van der Waals surface area (Å²) >= 11 is 1.20. The lowest BCUT2D eigenvalue weighted by atomic mass is 10.00. The van der Waals surface area contributed by atoms with Gasteiger partial charge in [0.05, 0.1) is 5.69 Å². The van der Waals surface area contributed by atoms with Crippen molar-refractivity contribution in [2.24, 2.45) is 7.05 Å². The van der Waals surface area contributed by atoms with Crippen LogP contribution in [0.5, 0.6) is 0 Å². The van der Waals surface area contributed by atoms with E-state index >= 15 is 0 Å². The first kappa shape index (κ1) is 21.6. The number of carbonyl (C=O) groups is 1. The predicted molar refractivity (Wildman–Crippen MR) is 121 cm³/mol. The lowest BCUT2D eigenvalue weighted by Gasteiger charge is -2.13. The molecule has 0 bridgehead atoms. The number of fused-ring (bicyclic) bond motifs is 1. The molecule has 166 valence electrons. The maximum Gasteiger partial charge on any atom is 0.339 e. The van der Waals surface area contributed by atoms with Gasteiger partial charge in [-0.05, 0) is 42.7 Å². The van der Waals surface area contributed by atoms with Gasteiger partial charge in [0.15, 0.2) is 17.3 Å². The molecule has 0 aliphatic heterocycles. The Morgan fingerprint density at radius 1 is 1.12 bits per heavy atom. The predicted octanol–water partition coefficient (Wildman–Crippen LogP) is 4.95. The number of hydrazine groups is 1. The highest BCUT2D eigenvalue weighted by Gasteiger charge is 2.16. The summed E-state index contributed by atoms with van der Waals surface area (Å²) in [5.41, 5.74) is 8.45. The van der Waals surface area contributed by atoms with E-state index in [-0.39, 0.29) is 11.7 Å². The third-order valence-corrected chi connectivity index (χ3v) is 5.73. The quantitative estimate of drug-likeness (QED) is 0.369. The van der Waals surface area contributed by atoms with Crippen LogP contribution in [0.4, 0.5) is 25.2 Å². The molecule has 0 spiro atoms. The normalized spacial score (nSPS) is 11.2. The summed E-state index contributed by atoms with van der Waals surface area (Å²) < 4.78 is 28.3. The molecule has 1 aromatic carbocycles. The number of nitrogens with one attached hydrogen (secondary N) is 3. The maximum atomic E-state index is 13.4. The van der Waals surface area contributed by atoms with Crippen LogP contribution in [0.3, 0.4) is 0 Å². The molecule has 0 radical (unpaired) electrons. The topological polar surface area (TPSA) is 96.8 Å². The highest BCUT2D eigenvalue weighted by Crippen LogP contribution is 2.29. The van der Waals surface area contributed by atoms with Gasteiger partial charge >= 0.3 is 6.03 Å². The van der Waals surface area contributed by atoms with Crippen molar-refractivity contribution in [1.29, 1.82) is 0 Å². The number of carbonyl (C=O) groups excluding carboxylic acids is 1. The molecule has 0 fully saturated rings. The molecule has 0 aliphatic rings. The largest absolute Gasteiger partial charge is 0.339 e. The Hall–Kier alpha value is -3.60. The van der Waals surface area contributed by atoms with E-state index < -0.39 is 17.7 Å². The molecule has 2 amide bonds. The van der Waals surface area contributed by atoms with Crippen LogP contribution in [0.15, 0.2) is 29.6 Å². The second kappa shape index (κ2) is 8.50. The van der Waals surface area contributed by atoms with Crippen molar-refractivity contribution >= 4 is 40.0 Å². The number of urea groups is 1. The van der Waals surface area contributed by atoms with Crippen molar-refractivity contribution in [3.8, 4) is 10.6 Å². The number of aryl methyl sites for hydroxylation is 2. The monoisotopic (exact) mass is 457 g/mol. The number of anilines is 2. The zero-order valence-corrected chi connectivity index (χ0v) is 18.6. The van der Waals surface area contributed by atoms with Crippen molar-refractivity contribution in [3.05, 3.63) is 52.5 Å². The number of hydrogen-bond acceptors (Lipinski definition) is 6. The van der Waals surface area contributed by atoms with E-state index in [1.165, 1.54) is 17.4 Å². The van der Waals surface area contributed by atoms with Crippen LogP contribution in [0.2, 0.25) is 0 Å². The average molecular weight is 458 g/mol. The van der Waals surface area contributed by atoms with E-state index in [2.05, 4.69) is 45.1 Å². The smallest absolute Gasteiger partial charge is 0.290 e. The number of nitrogens with zero attached hydrogens (tertiary/aromatic N) is 4. The van der Waals surface area contributed by atoms with Crippen molar-refractivity contribution in [1.82, 2.24) is 25.2 Å². The third kappa shape index (κ3) is 4.24. The van der Waals surface area contributed by atoms with Crippen LogP contribution in [0.25, 0.3) is 21.6 Å². The first-order valence-electron chi connectivity index (χ1n) is 9.81. The summed E-state index contributed by atoms with van der Waals surface area (Å²) in [7, 11) is 1.82. The fraction of sp³-hybridized carbons (Fsp3) is 0.238. The van der Waals surface area contributed by atoms with Gasteiger partial charge in [0.25, 0.3) is 0 Å². The SMILES string of the molecule is Cc1nn(C)c2nc(NNC(=O)Nc3csc(-c4ccc(F)c(F)c4)n3)cc(C(C)C)c12. The summed E-state index contributed by atoms with van der Waals surface area (Å²) in [5, 5.41) is 10.1. The van der Waals surface area contributed by atoms with E-state index in [0.29, 0.717) is 22.0 Å². The number of halogens is 2. The van der Waals surface area contributed by atoms with Gasteiger partial charge < -0.3 is 0 Å². The number of thiazole rings is 1. The fourth-order valence-electron chi connectivity index (χ4n) is 3.36. The summed E-state index contributed by atoms with van der Waals surface area (Å²) in [4.78, 5) is 21.1. The highest BCUT2D eigenvalue weighted by molar-refractivity contribution is 7.13. The standard InChI is InChI=1S/C21H21F2N7OS/c1-10(2)13-8-16(24-19-18(13)11(3)29-30(19)4)27-28-21(31)26-17-9-32-20(25-17)12-5-6-14(22)15(23)7-12/h5-10H,1-4H3,(H,24,27)(H2,26,28,31). The van der Waals surface area contributed by atoms with E-state index in [1.54, 1.807) is 10.1 Å². The van der Waals surface area contributed by atoms with Crippen molar-refractivity contribution < 1.29 is 13.6 Å². The molecule has 0 saturated heterocycles. The van der Waals surface area contributed by atoms with Gasteiger partial charge in [-0.15, -0.1) is 11.3 Å². The van der Waals surface area contributed by atoms with E-state index in [9.17, 15) is 13.6 Å². The number of rotatable bonds is 5. The first-order valence-corrected chi connectivity index (χ1v) is 10.7. The van der Waals surface area contributed by atoms with Gasteiger partial charge in [-0.2, -0.15) is 5.10 Å². The van der Waals surface area contributed by atoms with Crippen molar-refractivity contribution in [2.45, 2.75) is 26.7 Å². The zero-order chi connectivity index (χ0) is 23.0. The van der Waals surface area contributed by atoms with Crippen LogP contribution in [-0.4, -0.2) is 25.8 Å². The Morgan fingerprint density at radius 2 is 1.91 bits per heavy atom. The van der Waals surface area contributed by atoms with Crippen molar-refractivity contribution in [2.75, 3.05) is 10.7 Å². The van der Waals surface area contributed by atoms with E-state index in [1.807, 2.05) is 20.0 Å². The molecule has 32 heavy (non-hydrogen) atoms. The highest BCUT2D eigenvalue weighted by atomic mass is 32.1. The zero-order valence-electron chi connectivity index (χ0n) is 17.8. The first-order chi connectivity index (χ1) is 15.2. The summed E-state index contributed by atoms with van der Waals surface area (Å²) in [6.07, 6.45) is 0. The average Bonchev–Trinajstić information content (AvgIpc) is 3.32. The minimum absolute atomic E-state index is 0.238. The maximum absolute atomic E-state index is 13.4. The van der Waals surface area contributed by atoms with E-state index in [0.717, 1.165) is 28.8 Å². The van der Waals surface area contributed by atoms with Gasteiger partial charge in [-0.3, -0.25) is 15.4 Å². The number of aromatic nitrogens is 4. The summed E-state index contributed by atoms with van der Waals surface area (Å²) in [5.74, 6) is -0.893. The summed E-state index contributed by atoms with van der Waals surface area (Å²) in [6, 6.07) is 4.85. The lowest BCUT2D eigenvalue weighted by molar-refractivity contribution is 0.253. The number of amides is 2. The van der Waals surface area contributed by atoms with E-state index in [4.69, 9.17) is 0 Å². The minimum Gasteiger partial charge on any atom is -0.290 e. The molecule has 3 aromatic heterocycles. The molecule has 3 heterocycles. The molecule has 0 unspecified atom stereocenters. The lowest BCUT2D eigenvalue weighted by Crippen LogP contribution is -2.34. The molecule has 4 aromatic rings. The second-order valence-electron chi connectivity index (χ2n) is 7.53. The van der Waals surface area contributed by atoms with Crippen LogP contribution >= 0.6 is 11.3 Å². The van der Waals surface area contributed by atoms with Crippen molar-refractivity contribution in [3.63, 3.8) is 0 Å².